The highest BCUT2D eigenvalue weighted by atomic mass is 16.4. The van der Waals surface area contributed by atoms with Crippen molar-refractivity contribution in [3.8, 4) is 0 Å². The molecule has 0 radical (unpaired) electrons. The van der Waals surface area contributed by atoms with Gasteiger partial charge in [-0.15, -0.1) is 0 Å². The number of amides is 1. The highest BCUT2D eigenvalue weighted by molar-refractivity contribution is 5.97. The van der Waals surface area contributed by atoms with E-state index in [1.54, 1.807) is 0 Å². The smallest absolute Gasteiger partial charge is 0.304 e. The maximum Gasteiger partial charge on any atom is 0.304 e. The predicted molar refractivity (Wildman–Crippen MR) is 77.2 cm³/mol. The number of nitrogens with one attached hydrogen (secondary N) is 1. The maximum atomic E-state index is 11.9. The monoisotopic (exact) mass is 274 g/mol. The summed E-state index contributed by atoms with van der Waals surface area (Å²) in [6, 6.07) is 5.80. The van der Waals surface area contributed by atoms with E-state index in [9.17, 15) is 9.59 Å². The van der Waals surface area contributed by atoms with E-state index in [1.807, 2.05) is 30.4 Å². The van der Waals surface area contributed by atoms with Crippen molar-refractivity contribution in [1.29, 1.82) is 0 Å². The molecule has 1 aliphatic rings. The number of benzene rings is 1. The Morgan fingerprint density at radius 2 is 2.30 bits per heavy atom. The molecular formula is C15H18N2O3. The van der Waals surface area contributed by atoms with Crippen LogP contribution in [0.5, 0.6) is 0 Å². The molecule has 0 fully saturated rings. The van der Waals surface area contributed by atoms with Crippen molar-refractivity contribution in [1.82, 2.24) is 0 Å². The predicted octanol–water partition coefficient (Wildman–Crippen LogP) is 1.63. The number of carbonyl (C=O) groups excluding carboxylic acids is 1. The molecule has 1 unspecified atom stereocenters. The Labute approximate surface area is 117 Å². The van der Waals surface area contributed by atoms with Crippen LogP contribution in [0.3, 0.4) is 0 Å². The Morgan fingerprint density at radius 3 is 3.00 bits per heavy atom. The molecule has 1 heterocycles. The van der Waals surface area contributed by atoms with Crippen LogP contribution in [0.25, 0.3) is 6.08 Å². The van der Waals surface area contributed by atoms with Crippen LogP contribution in [-0.2, 0) is 16.0 Å². The Bertz CT molecular complexity index is 552. The molecule has 1 aromatic rings. The Kier molecular flexibility index (Phi) is 4.53. The third-order valence-electron chi connectivity index (χ3n) is 3.29. The normalized spacial score (nSPS) is 17.9. The van der Waals surface area contributed by atoms with E-state index in [0.717, 1.165) is 23.2 Å². The summed E-state index contributed by atoms with van der Waals surface area (Å²) in [4.78, 5) is 22.6. The first kappa shape index (κ1) is 14.3. The van der Waals surface area contributed by atoms with Crippen LogP contribution in [0.4, 0.5) is 5.69 Å². The van der Waals surface area contributed by atoms with Gasteiger partial charge in [-0.1, -0.05) is 24.3 Å². The lowest BCUT2D eigenvalue weighted by Gasteiger charge is -2.23. The van der Waals surface area contributed by atoms with Gasteiger partial charge in [0.2, 0.25) is 5.91 Å². The largest absolute Gasteiger partial charge is 0.481 e. The van der Waals surface area contributed by atoms with E-state index in [4.69, 9.17) is 10.8 Å². The quantitative estimate of drug-likeness (QED) is 0.761. The molecule has 1 amide bonds. The van der Waals surface area contributed by atoms with Crippen LogP contribution < -0.4 is 11.1 Å². The second kappa shape index (κ2) is 6.34. The van der Waals surface area contributed by atoms with Crippen molar-refractivity contribution < 1.29 is 14.7 Å². The molecule has 1 atom stereocenters. The first-order valence-corrected chi connectivity index (χ1v) is 6.62. The number of hydrogen-bond acceptors (Lipinski definition) is 3. The van der Waals surface area contributed by atoms with Gasteiger partial charge in [-0.05, 0) is 36.6 Å². The molecule has 1 aliphatic heterocycles. The van der Waals surface area contributed by atoms with Gasteiger partial charge in [-0.25, -0.2) is 0 Å². The molecule has 1 aromatic carbocycles. The lowest BCUT2D eigenvalue weighted by Crippen LogP contribution is -2.31. The minimum Gasteiger partial charge on any atom is -0.481 e. The third-order valence-corrected chi connectivity index (χ3v) is 3.29. The van der Waals surface area contributed by atoms with Crippen molar-refractivity contribution in [2.45, 2.75) is 19.3 Å². The van der Waals surface area contributed by atoms with Crippen LogP contribution in [0.1, 0.15) is 24.0 Å². The minimum atomic E-state index is -0.949. The summed E-state index contributed by atoms with van der Waals surface area (Å²) in [7, 11) is 0. The van der Waals surface area contributed by atoms with Crippen LogP contribution in [0, 0.1) is 5.92 Å². The van der Waals surface area contributed by atoms with Gasteiger partial charge in [-0.2, -0.15) is 0 Å². The van der Waals surface area contributed by atoms with E-state index in [2.05, 4.69) is 5.32 Å². The second-order valence-corrected chi connectivity index (χ2v) is 4.88. The lowest BCUT2D eigenvalue weighted by molar-refractivity contribution is -0.140. The zero-order chi connectivity index (χ0) is 14.5. The van der Waals surface area contributed by atoms with Gasteiger partial charge in [0, 0.05) is 5.69 Å². The molecule has 4 N–H and O–H groups in total. The molecule has 0 saturated carbocycles. The Hall–Kier alpha value is -2.14. The standard InChI is InChI=1S/C15H18N2O3/c16-6-2-1-3-10-4-5-11-8-12(9-14(18)19)15(20)17-13(11)7-10/h1,3-5,7,12H,2,6,8-9,16H2,(H,17,20)(H,18,19). The Morgan fingerprint density at radius 1 is 1.50 bits per heavy atom. The number of carboxylic acids is 1. The van der Waals surface area contributed by atoms with Gasteiger partial charge in [0.1, 0.15) is 0 Å². The molecule has 5 heteroatoms. The van der Waals surface area contributed by atoms with Gasteiger partial charge in [-0.3, -0.25) is 9.59 Å². The number of fused-ring (bicyclic) bond motifs is 1. The molecule has 0 bridgehead atoms. The molecule has 106 valence electrons. The van der Waals surface area contributed by atoms with Crippen LogP contribution in [0.15, 0.2) is 24.3 Å². The topological polar surface area (TPSA) is 92.4 Å². The summed E-state index contributed by atoms with van der Waals surface area (Å²) in [6.07, 6.45) is 5.09. The number of aliphatic carboxylic acids is 1. The zero-order valence-electron chi connectivity index (χ0n) is 11.1. The molecule has 20 heavy (non-hydrogen) atoms. The van der Waals surface area contributed by atoms with Crippen molar-refractivity contribution in [2.75, 3.05) is 11.9 Å². The molecular weight excluding hydrogens is 256 g/mol. The highest BCUT2D eigenvalue weighted by Crippen LogP contribution is 2.28. The Balaban J connectivity index is 2.15. The number of carbonyl (C=O) groups is 2. The number of nitrogens with two attached hydrogens (primary N) is 1. The van der Waals surface area contributed by atoms with Gasteiger partial charge >= 0.3 is 5.97 Å². The fourth-order valence-electron chi connectivity index (χ4n) is 2.28. The van der Waals surface area contributed by atoms with Gasteiger partial charge in [0.15, 0.2) is 0 Å². The maximum absolute atomic E-state index is 11.9. The summed E-state index contributed by atoms with van der Waals surface area (Å²) < 4.78 is 0. The highest BCUT2D eigenvalue weighted by Gasteiger charge is 2.27. The van der Waals surface area contributed by atoms with Gasteiger partial charge in [0.05, 0.1) is 12.3 Å². The van der Waals surface area contributed by atoms with E-state index in [1.165, 1.54) is 0 Å². The lowest BCUT2D eigenvalue weighted by atomic mass is 9.90. The molecule has 5 nitrogen and oxygen atoms in total. The second-order valence-electron chi connectivity index (χ2n) is 4.88. The van der Waals surface area contributed by atoms with E-state index >= 15 is 0 Å². The van der Waals surface area contributed by atoms with E-state index in [-0.39, 0.29) is 12.3 Å². The van der Waals surface area contributed by atoms with Crippen molar-refractivity contribution in [2.24, 2.45) is 11.7 Å². The van der Waals surface area contributed by atoms with Gasteiger partial charge in [0.25, 0.3) is 0 Å². The van der Waals surface area contributed by atoms with Crippen LogP contribution >= 0.6 is 0 Å². The molecule has 0 saturated heterocycles. The zero-order valence-corrected chi connectivity index (χ0v) is 11.1. The van der Waals surface area contributed by atoms with Crippen molar-refractivity contribution in [3.63, 3.8) is 0 Å². The molecule has 0 spiro atoms. The summed E-state index contributed by atoms with van der Waals surface area (Å²) in [5.74, 6) is -1.66. The number of rotatable bonds is 5. The average molecular weight is 274 g/mol. The van der Waals surface area contributed by atoms with E-state index in [0.29, 0.717) is 13.0 Å². The fourth-order valence-corrected chi connectivity index (χ4v) is 2.28. The number of hydrogen-bond donors (Lipinski definition) is 3. The van der Waals surface area contributed by atoms with Crippen molar-refractivity contribution >= 4 is 23.6 Å². The first-order valence-electron chi connectivity index (χ1n) is 6.62. The minimum absolute atomic E-state index is 0.135. The number of anilines is 1. The van der Waals surface area contributed by atoms with Gasteiger partial charge < -0.3 is 16.2 Å². The average Bonchev–Trinajstić information content (AvgIpc) is 2.39. The first-order chi connectivity index (χ1) is 9.60. The molecule has 0 aromatic heterocycles. The van der Waals surface area contributed by atoms with Crippen LogP contribution in [0.2, 0.25) is 0 Å². The number of carboxylic acid groups (broad SMARTS) is 1. The fraction of sp³-hybridized carbons (Fsp3) is 0.333. The summed E-state index contributed by atoms with van der Waals surface area (Å²) >= 11 is 0. The summed E-state index contributed by atoms with van der Waals surface area (Å²) in [5, 5.41) is 11.6. The summed E-state index contributed by atoms with van der Waals surface area (Å²) in [6.45, 7) is 0.606. The van der Waals surface area contributed by atoms with Crippen molar-refractivity contribution in [3.05, 3.63) is 35.4 Å². The van der Waals surface area contributed by atoms with Crippen LogP contribution in [-0.4, -0.2) is 23.5 Å². The van der Waals surface area contributed by atoms with E-state index < -0.39 is 11.9 Å². The SMILES string of the molecule is NCCC=Cc1ccc2c(c1)NC(=O)C(CC(=O)O)C2. The third kappa shape index (κ3) is 3.45. The molecule has 2 rings (SSSR count). The summed E-state index contributed by atoms with van der Waals surface area (Å²) in [5.41, 5.74) is 8.16. The molecule has 0 aliphatic carbocycles.